The van der Waals surface area contributed by atoms with Gasteiger partial charge in [0.15, 0.2) is 0 Å². The molecule has 0 amide bonds. The van der Waals surface area contributed by atoms with Gasteiger partial charge in [-0.1, -0.05) is 0 Å². The highest BCUT2D eigenvalue weighted by Gasteiger charge is 2.35. The van der Waals surface area contributed by atoms with Crippen LogP contribution in [0.2, 0.25) is 0 Å². The molecule has 0 atom stereocenters. The van der Waals surface area contributed by atoms with E-state index in [0.29, 0.717) is 12.8 Å². The third-order valence-electron chi connectivity index (χ3n) is 2.77. The molecule has 2 rings (SSSR count). The van der Waals surface area contributed by atoms with Crippen molar-refractivity contribution in [2.75, 3.05) is 0 Å². The smallest absolute Gasteiger partial charge is 0.266 e. The highest BCUT2D eigenvalue weighted by molar-refractivity contribution is 4.89. The Balaban J connectivity index is 2.15. The lowest BCUT2D eigenvalue weighted by Crippen LogP contribution is -2.32. The quantitative estimate of drug-likeness (QED) is 0.716. The Bertz CT molecular complexity index is 392. The van der Waals surface area contributed by atoms with Crippen LogP contribution in [0.15, 0.2) is 23.1 Å². The topological polar surface area (TPSA) is 34.9 Å². The first-order valence-corrected chi connectivity index (χ1v) is 5.00. The van der Waals surface area contributed by atoms with Crippen LogP contribution < -0.4 is 5.56 Å². The Morgan fingerprint density at radius 1 is 1.40 bits per heavy atom. The zero-order chi connectivity index (χ0) is 10.9. The molecule has 0 radical (unpaired) electrons. The molecule has 1 aliphatic rings. The second-order valence-corrected chi connectivity index (χ2v) is 3.89. The minimum absolute atomic E-state index is 0.152. The Morgan fingerprint density at radius 2 is 2.07 bits per heavy atom. The molecular weight excluding hydrogens is 202 g/mol. The summed E-state index contributed by atoms with van der Waals surface area (Å²) in [4.78, 5) is 11.4. The lowest BCUT2D eigenvalue weighted by atomic mass is 9.92. The largest absolute Gasteiger partial charge is 0.268 e. The fourth-order valence-corrected chi connectivity index (χ4v) is 1.91. The highest BCUT2D eigenvalue weighted by atomic mass is 19.3. The first-order valence-electron chi connectivity index (χ1n) is 5.00. The van der Waals surface area contributed by atoms with Gasteiger partial charge in [-0.3, -0.25) is 4.79 Å². The molecule has 1 aliphatic carbocycles. The number of halogens is 2. The summed E-state index contributed by atoms with van der Waals surface area (Å²) >= 11 is 0. The predicted octanol–water partition coefficient (Wildman–Crippen LogP) is 1.99. The molecule has 0 bridgehead atoms. The maximum absolute atomic E-state index is 12.9. The zero-order valence-corrected chi connectivity index (χ0v) is 8.20. The molecule has 0 spiro atoms. The van der Waals surface area contributed by atoms with Crippen LogP contribution in [0.5, 0.6) is 0 Å². The Kier molecular flexibility index (Phi) is 2.54. The van der Waals surface area contributed by atoms with Gasteiger partial charge in [0.05, 0.1) is 6.04 Å². The van der Waals surface area contributed by atoms with Gasteiger partial charge in [0.1, 0.15) is 0 Å². The van der Waals surface area contributed by atoms with Crippen LogP contribution in [0.25, 0.3) is 0 Å². The molecule has 5 heteroatoms. The fourth-order valence-electron chi connectivity index (χ4n) is 1.91. The van der Waals surface area contributed by atoms with Crippen molar-refractivity contribution in [3.63, 3.8) is 0 Å². The van der Waals surface area contributed by atoms with Crippen molar-refractivity contribution in [3.8, 4) is 0 Å². The molecule has 1 fully saturated rings. The SMILES string of the molecule is O=c1cccnn1C1CCC(F)(F)CC1. The second-order valence-electron chi connectivity index (χ2n) is 3.89. The van der Waals surface area contributed by atoms with Crippen LogP contribution in [0.4, 0.5) is 8.78 Å². The van der Waals surface area contributed by atoms with E-state index < -0.39 is 5.92 Å². The summed E-state index contributed by atoms with van der Waals surface area (Å²) in [6.45, 7) is 0. The Morgan fingerprint density at radius 3 is 2.67 bits per heavy atom. The molecule has 0 aliphatic heterocycles. The number of alkyl halides is 2. The van der Waals surface area contributed by atoms with Crippen molar-refractivity contribution in [1.82, 2.24) is 9.78 Å². The molecule has 0 aromatic carbocycles. The zero-order valence-electron chi connectivity index (χ0n) is 8.20. The van der Waals surface area contributed by atoms with Gasteiger partial charge in [-0.25, -0.2) is 13.5 Å². The molecule has 15 heavy (non-hydrogen) atoms. The Hall–Kier alpha value is -1.26. The van der Waals surface area contributed by atoms with Crippen molar-refractivity contribution in [1.29, 1.82) is 0 Å². The first-order chi connectivity index (χ1) is 7.08. The molecular formula is C10H12F2N2O. The highest BCUT2D eigenvalue weighted by Crippen LogP contribution is 2.37. The lowest BCUT2D eigenvalue weighted by molar-refractivity contribution is -0.0454. The van der Waals surface area contributed by atoms with Gasteiger partial charge in [0.2, 0.25) is 5.92 Å². The van der Waals surface area contributed by atoms with Gasteiger partial charge in [-0.2, -0.15) is 5.10 Å². The monoisotopic (exact) mass is 214 g/mol. The summed E-state index contributed by atoms with van der Waals surface area (Å²) in [7, 11) is 0. The fraction of sp³-hybridized carbons (Fsp3) is 0.600. The second kappa shape index (κ2) is 3.72. The van der Waals surface area contributed by atoms with Crippen LogP contribution in [-0.4, -0.2) is 15.7 Å². The van der Waals surface area contributed by atoms with Crippen LogP contribution in [0.1, 0.15) is 31.7 Å². The number of rotatable bonds is 1. The van der Waals surface area contributed by atoms with Crippen molar-refractivity contribution < 1.29 is 8.78 Å². The van der Waals surface area contributed by atoms with Gasteiger partial charge in [0.25, 0.3) is 5.56 Å². The molecule has 0 saturated heterocycles. The average Bonchev–Trinajstić information content (AvgIpc) is 2.19. The van der Waals surface area contributed by atoms with E-state index in [1.165, 1.54) is 16.9 Å². The van der Waals surface area contributed by atoms with E-state index in [4.69, 9.17) is 0 Å². The summed E-state index contributed by atoms with van der Waals surface area (Å²) in [5, 5.41) is 3.91. The number of hydrogen-bond acceptors (Lipinski definition) is 2. The van der Waals surface area contributed by atoms with E-state index in [0.717, 1.165) is 0 Å². The molecule has 3 nitrogen and oxygen atoms in total. The molecule has 1 heterocycles. The van der Waals surface area contributed by atoms with Crippen molar-refractivity contribution in [2.45, 2.75) is 37.6 Å². The van der Waals surface area contributed by atoms with Gasteiger partial charge < -0.3 is 0 Å². The van der Waals surface area contributed by atoms with Crippen molar-refractivity contribution in [2.24, 2.45) is 0 Å². The maximum atomic E-state index is 12.9. The number of aromatic nitrogens is 2. The van der Waals surface area contributed by atoms with Crippen LogP contribution >= 0.6 is 0 Å². The summed E-state index contributed by atoms with van der Waals surface area (Å²) < 4.78 is 27.1. The standard InChI is InChI=1S/C10H12F2N2O/c11-10(12)5-3-8(4-6-10)14-9(15)2-1-7-13-14/h1-2,7-8H,3-6H2. The third kappa shape index (κ3) is 2.22. The van der Waals surface area contributed by atoms with E-state index in [1.807, 2.05) is 0 Å². The molecule has 1 aromatic heterocycles. The minimum atomic E-state index is -2.56. The van der Waals surface area contributed by atoms with E-state index in [2.05, 4.69) is 5.10 Å². The normalized spacial score (nSPS) is 21.5. The summed E-state index contributed by atoms with van der Waals surface area (Å²) in [5.74, 6) is -2.56. The van der Waals surface area contributed by atoms with Gasteiger partial charge in [0, 0.05) is 25.1 Å². The third-order valence-corrected chi connectivity index (χ3v) is 2.77. The molecule has 0 unspecified atom stereocenters. The van der Waals surface area contributed by atoms with Crippen LogP contribution in [0, 0.1) is 0 Å². The summed E-state index contributed by atoms with van der Waals surface area (Å²) in [6, 6.07) is 2.79. The average molecular weight is 214 g/mol. The van der Waals surface area contributed by atoms with Crippen LogP contribution in [0.3, 0.4) is 0 Å². The first kappa shape index (κ1) is 10.3. The summed E-state index contributed by atoms with van der Waals surface area (Å²) in [6.07, 6.45) is 1.85. The van der Waals surface area contributed by atoms with Crippen molar-refractivity contribution in [3.05, 3.63) is 28.7 Å². The lowest BCUT2D eigenvalue weighted by Gasteiger charge is -2.28. The molecule has 0 N–H and O–H groups in total. The van der Waals surface area contributed by atoms with E-state index >= 15 is 0 Å². The number of nitrogens with zero attached hydrogens (tertiary/aromatic N) is 2. The van der Waals surface area contributed by atoms with Gasteiger partial charge in [-0.05, 0) is 18.9 Å². The molecule has 1 aromatic rings. The predicted molar refractivity (Wildman–Crippen MR) is 50.9 cm³/mol. The summed E-state index contributed by atoms with van der Waals surface area (Å²) in [5.41, 5.74) is -0.215. The van der Waals surface area contributed by atoms with Crippen molar-refractivity contribution >= 4 is 0 Å². The van der Waals surface area contributed by atoms with Gasteiger partial charge in [-0.15, -0.1) is 0 Å². The molecule has 1 saturated carbocycles. The van der Waals surface area contributed by atoms with Crippen LogP contribution in [-0.2, 0) is 0 Å². The minimum Gasteiger partial charge on any atom is -0.268 e. The van der Waals surface area contributed by atoms with Gasteiger partial charge >= 0.3 is 0 Å². The van der Waals surface area contributed by atoms with E-state index in [9.17, 15) is 13.6 Å². The molecule has 82 valence electrons. The van der Waals surface area contributed by atoms with E-state index in [-0.39, 0.29) is 24.4 Å². The number of hydrogen-bond donors (Lipinski definition) is 0. The maximum Gasteiger partial charge on any atom is 0.266 e. The van der Waals surface area contributed by atoms with E-state index in [1.54, 1.807) is 6.07 Å². The Labute approximate surface area is 85.7 Å².